The Morgan fingerprint density at radius 1 is 1.28 bits per heavy atom. The van der Waals surface area contributed by atoms with Crippen molar-refractivity contribution in [1.29, 1.82) is 0 Å². The van der Waals surface area contributed by atoms with E-state index in [9.17, 15) is 0 Å². The Labute approximate surface area is 112 Å². The van der Waals surface area contributed by atoms with E-state index in [1.54, 1.807) is 0 Å². The summed E-state index contributed by atoms with van der Waals surface area (Å²) < 4.78 is 11.4. The summed E-state index contributed by atoms with van der Waals surface area (Å²) in [5, 5.41) is 0. The van der Waals surface area contributed by atoms with Crippen LogP contribution in [0, 0.1) is 0 Å². The number of hydrogen-bond acceptors (Lipinski definition) is 2. The fourth-order valence-corrected chi connectivity index (χ4v) is 3.04. The van der Waals surface area contributed by atoms with Gasteiger partial charge in [0.05, 0.1) is 6.23 Å². The fourth-order valence-electron chi connectivity index (χ4n) is 1.73. The molecule has 0 saturated heterocycles. The zero-order chi connectivity index (χ0) is 13.2. The molecule has 0 spiro atoms. The van der Waals surface area contributed by atoms with Gasteiger partial charge in [0, 0.05) is 13.2 Å². The van der Waals surface area contributed by atoms with Gasteiger partial charge in [-0.05, 0) is 30.5 Å². The summed E-state index contributed by atoms with van der Waals surface area (Å²) in [5.41, 5.74) is 2.51. The predicted octanol–water partition coefficient (Wildman–Crippen LogP) is 3.48. The van der Waals surface area contributed by atoms with Crippen molar-refractivity contribution < 1.29 is 9.16 Å². The lowest BCUT2D eigenvalue weighted by molar-refractivity contribution is 0.171. The van der Waals surface area contributed by atoms with Gasteiger partial charge in [-0.15, -0.1) is 0 Å². The molecule has 1 radical (unpaired) electrons. The van der Waals surface area contributed by atoms with Crippen LogP contribution in [0.15, 0.2) is 30.8 Å². The Morgan fingerprint density at radius 2 is 2.06 bits per heavy atom. The lowest BCUT2D eigenvalue weighted by Crippen LogP contribution is -2.25. The standard InChI is InChI=1S/C15H23O2Si/c1-4-14-9-7-8-10-15(14)11-12-17-18(6-3)13-16-5-2/h4,7-10H,1,5-6,11-13H2,2-3H3. The summed E-state index contributed by atoms with van der Waals surface area (Å²) in [6.45, 7) is 9.58. The van der Waals surface area contributed by atoms with E-state index in [1.807, 2.05) is 19.1 Å². The van der Waals surface area contributed by atoms with Gasteiger partial charge < -0.3 is 9.16 Å². The molecule has 0 atom stereocenters. The Balaban J connectivity index is 2.37. The van der Waals surface area contributed by atoms with Crippen LogP contribution in [0.1, 0.15) is 25.0 Å². The molecule has 0 heterocycles. The molecule has 0 aliphatic carbocycles. The third-order valence-corrected chi connectivity index (χ3v) is 4.74. The van der Waals surface area contributed by atoms with Crippen LogP contribution in [0.2, 0.25) is 6.04 Å². The van der Waals surface area contributed by atoms with Gasteiger partial charge in [0.25, 0.3) is 0 Å². The minimum absolute atomic E-state index is 0.775. The second kappa shape index (κ2) is 9.08. The second-order valence-electron chi connectivity index (χ2n) is 4.03. The first-order chi connectivity index (χ1) is 8.81. The zero-order valence-electron chi connectivity index (χ0n) is 11.4. The van der Waals surface area contributed by atoms with Gasteiger partial charge in [-0.1, -0.05) is 43.8 Å². The van der Waals surface area contributed by atoms with Crippen LogP contribution in [0.5, 0.6) is 0 Å². The van der Waals surface area contributed by atoms with Crippen molar-refractivity contribution in [2.75, 3.05) is 19.4 Å². The molecule has 0 amide bonds. The van der Waals surface area contributed by atoms with Crippen LogP contribution >= 0.6 is 0 Å². The van der Waals surface area contributed by atoms with Gasteiger partial charge in [0.15, 0.2) is 0 Å². The van der Waals surface area contributed by atoms with Crippen LogP contribution < -0.4 is 0 Å². The van der Waals surface area contributed by atoms with Gasteiger partial charge >= 0.3 is 0 Å². The number of rotatable bonds is 9. The summed E-state index contributed by atoms with van der Waals surface area (Å²) >= 11 is 0. The Morgan fingerprint density at radius 3 is 2.72 bits per heavy atom. The molecule has 0 bridgehead atoms. The minimum Gasteiger partial charge on any atom is -0.414 e. The Bertz CT molecular complexity index is 352. The highest BCUT2D eigenvalue weighted by atomic mass is 28.3. The number of ether oxygens (including phenoxy) is 1. The monoisotopic (exact) mass is 263 g/mol. The molecule has 0 unspecified atom stereocenters. The molecule has 0 saturated carbocycles. The molecule has 18 heavy (non-hydrogen) atoms. The maximum atomic E-state index is 5.94. The van der Waals surface area contributed by atoms with E-state index in [1.165, 1.54) is 11.1 Å². The van der Waals surface area contributed by atoms with Crippen molar-refractivity contribution in [2.45, 2.75) is 26.3 Å². The van der Waals surface area contributed by atoms with Crippen LogP contribution in [-0.4, -0.2) is 28.5 Å². The molecular formula is C15H23O2Si. The van der Waals surface area contributed by atoms with Crippen molar-refractivity contribution in [3.05, 3.63) is 42.0 Å². The maximum absolute atomic E-state index is 5.94. The largest absolute Gasteiger partial charge is 0.414 e. The first-order valence-electron chi connectivity index (χ1n) is 6.57. The van der Waals surface area contributed by atoms with E-state index in [2.05, 4.69) is 31.7 Å². The maximum Gasteiger partial charge on any atom is 0.237 e. The van der Waals surface area contributed by atoms with Crippen LogP contribution in [-0.2, 0) is 15.6 Å². The van der Waals surface area contributed by atoms with E-state index >= 15 is 0 Å². The smallest absolute Gasteiger partial charge is 0.237 e. The molecular weight excluding hydrogens is 240 g/mol. The molecule has 0 aromatic heterocycles. The SMILES string of the molecule is C=Cc1ccccc1CCO[Si](CC)COCC. The summed E-state index contributed by atoms with van der Waals surface area (Å²) in [6.07, 6.45) is 3.64. The van der Waals surface area contributed by atoms with Crippen LogP contribution in [0.3, 0.4) is 0 Å². The Kier molecular flexibility index (Phi) is 7.65. The van der Waals surface area contributed by atoms with E-state index in [0.717, 1.165) is 31.9 Å². The van der Waals surface area contributed by atoms with E-state index in [-0.39, 0.29) is 0 Å². The third kappa shape index (κ3) is 5.17. The van der Waals surface area contributed by atoms with E-state index < -0.39 is 9.04 Å². The van der Waals surface area contributed by atoms with Gasteiger partial charge in [-0.25, -0.2) is 0 Å². The molecule has 0 aliphatic rings. The highest BCUT2D eigenvalue weighted by molar-refractivity contribution is 6.51. The van der Waals surface area contributed by atoms with Crippen molar-refractivity contribution in [3.63, 3.8) is 0 Å². The van der Waals surface area contributed by atoms with E-state index in [0.29, 0.717) is 0 Å². The predicted molar refractivity (Wildman–Crippen MR) is 78.9 cm³/mol. The first-order valence-corrected chi connectivity index (χ1v) is 8.39. The van der Waals surface area contributed by atoms with Gasteiger partial charge in [0.1, 0.15) is 0 Å². The summed E-state index contributed by atoms with van der Waals surface area (Å²) in [5.74, 6) is 0. The summed E-state index contributed by atoms with van der Waals surface area (Å²) in [4.78, 5) is 0. The number of hydrogen-bond donors (Lipinski definition) is 0. The molecule has 1 rings (SSSR count). The second-order valence-corrected chi connectivity index (χ2v) is 6.39. The lowest BCUT2D eigenvalue weighted by Gasteiger charge is -2.14. The first kappa shape index (κ1) is 15.2. The zero-order valence-corrected chi connectivity index (χ0v) is 12.4. The van der Waals surface area contributed by atoms with Crippen molar-refractivity contribution in [1.82, 2.24) is 0 Å². The van der Waals surface area contributed by atoms with Gasteiger partial charge in [0.2, 0.25) is 9.04 Å². The molecule has 1 aromatic carbocycles. The molecule has 0 aliphatic heterocycles. The molecule has 0 N–H and O–H groups in total. The lowest BCUT2D eigenvalue weighted by atomic mass is 10.1. The summed E-state index contributed by atoms with van der Waals surface area (Å²) in [6, 6.07) is 9.43. The molecule has 2 nitrogen and oxygen atoms in total. The normalized spacial score (nSPS) is 10.8. The summed E-state index contributed by atoms with van der Waals surface area (Å²) in [7, 11) is -0.783. The Hall–Kier alpha value is -0.903. The van der Waals surface area contributed by atoms with Crippen molar-refractivity contribution in [2.24, 2.45) is 0 Å². The quantitative estimate of drug-likeness (QED) is 0.635. The van der Waals surface area contributed by atoms with Crippen molar-refractivity contribution in [3.8, 4) is 0 Å². The molecule has 0 fully saturated rings. The average Bonchev–Trinajstić information content (AvgIpc) is 2.43. The molecule has 1 aromatic rings. The van der Waals surface area contributed by atoms with Crippen molar-refractivity contribution >= 4 is 15.1 Å². The van der Waals surface area contributed by atoms with Crippen LogP contribution in [0.25, 0.3) is 6.08 Å². The van der Waals surface area contributed by atoms with Gasteiger partial charge in [-0.3, -0.25) is 0 Å². The number of benzene rings is 1. The van der Waals surface area contributed by atoms with Crippen LogP contribution in [0.4, 0.5) is 0 Å². The highest BCUT2D eigenvalue weighted by Gasteiger charge is 2.10. The third-order valence-electron chi connectivity index (χ3n) is 2.81. The molecule has 3 heteroatoms. The minimum atomic E-state index is -0.783. The fraction of sp³-hybridized carbons (Fsp3) is 0.467. The van der Waals surface area contributed by atoms with E-state index in [4.69, 9.17) is 9.16 Å². The highest BCUT2D eigenvalue weighted by Crippen LogP contribution is 2.11. The average molecular weight is 263 g/mol. The van der Waals surface area contributed by atoms with Gasteiger partial charge in [-0.2, -0.15) is 0 Å². The molecule has 99 valence electrons. The topological polar surface area (TPSA) is 18.5 Å².